The van der Waals surface area contributed by atoms with Crippen LogP contribution in [0.3, 0.4) is 0 Å². The molecule has 0 saturated carbocycles. The normalized spacial score (nSPS) is 25.5. The lowest BCUT2D eigenvalue weighted by Gasteiger charge is -2.36. The monoisotopic (exact) mass is 564 g/mol. The Morgan fingerprint density at radius 3 is 2.45 bits per heavy atom. The summed E-state index contributed by atoms with van der Waals surface area (Å²) in [5.41, 5.74) is -1.13. The third-order valence-electron chi connectivity index (χ3n) is 7.48. The number of rotatable bonds is 6. The largest absolute Gasteiger partial charge is 0.481 e. The summed E-state index contributed by atoms with van der Waals surface area (Å²) in [6, 6.07) is 3.61. The molecule has 0 spiro atoms. The number of nitrogens with one attached hydrogen (secondary N) is 1. The first-order valence-corrected chi connectivity index (χ1v) is 13.2. The number of aromatic nitrogens is 2. The fraction of sp³-hybridized carbons (Fsp3) is 0.571. The van der Waals surface area contributed by atoms with Gasteiger partial charge in [-0.1, -0.05) is 26.8 Å². The first-order chi connectivity index (χ1) is 18.7. The Kier molecular flexibility index (Phi) is 8.30. The number of methoxy groups -OCH3 is 1. The van der Waals surface area contributed by atoms with Crippen LogP contribution in [-0.4, -0.2) is 63.8 Å². The number of anilines is 1. The molecule has 4 rings (SSSR count). The molecule has 0 bridgehead atoms. The van der Waals surface area contributed by atoms with E-state index < -0.39 is 59.2 Å². The maximum Gasteiger partial charge on any atom is 0.416 e. The fourth-order valence-corrected chi connectivity index (χ4v) is 5.85. The van der Waals surface area contributed by atoms with Gasteiger partial charge < -0.3 is 24.8 Å². The molecule has 40 heavy (non-hydrogen) atoms. The van der Waals surface area contributed by atoms with Crippen molar-refractivity contribution in [3.8, 4) is 5.88 Å². The van der Waals surface area contributed by atoms with E-state index >= 15 is 0 Å². The number of carboxylic acids is 1. The minimum absolute atomic E-state index is 0.0770. The van der Waals surface area contributed by atoms with Crippen LogP contribution in [0.4, 0.5) is 19.0 Å². The van der Waals surface area contributed by atoms with E-state index in [-0.39, 0.29) is 17.4 Å². The molecule has 0 aliphatic carbocycles. The summed E-state index contributed by atoms with van der Waals surface area (Å²) < 4.78 is 52.1. The van der Waals surface area contributed by atoms with Crippen LogP contribution < -0.4 is 10.1 Å². The van der Waals surface area contributed by atoms with Gasteiger partial charge in [-0.25, -0.2) is 14.8 Å². The summed E-state index contributed by atoms with van der Waals surface area (Å²) in [6.07, 6.45) is -3.46. The van der Waals surface area contributed by atoms with E-state index in [9.17, 15) is 27.9 Å². The van der Waals surface area contributed by atoms with Gasteiger partial charge in [0.2, 0.25) is 5.88 Å². The maximum atomic E-state index is 14.1. The highest BCUT2D eigenvalue weighted by molar-refractivity contribution is 5.88. The van der Waals surface area contributed by atoms with Crippen molar-refractivity contribution in [1.29, 1.82) is 0 Å². The van der Waals surface area contributed by atoms with Gasteiger partial charge in [-0.15, -0.1) is 0 Å². The summed E-state index contributed by atoms with van der Waals surface area (Å²) in [6.45, 7) is 7.35. The van der Waals surface area contributed by atoms with Crippen molar-refractivity contribution in [3.05, 3.63) is 47.3 Å². The standard InChI is InChI=1S/C28H35F3N4O5/c1-15-13-16(28(29,30)31)14-19(32-15)34-22-21(27(2,3)4)24(26(37)38)35(25(36)18-10-6-7-12-40-18)23(22)17-9-8-11-20(33-17)39-5/h8-9,11,13-14,18,21-24H,6-7,10,12H2,1-5H3,(H,32,34)(H,37,38)/t18?,21-,22-,23-,24-/m1/s1. The molecule has 0 radical (unpaired) electrons. The molecule has 2 N–H and O–H groups in total. The number of alkyl halides is 3. The van der Waals surface area contributed by atoms with Gasteiger partial charge in [0.1, 0.15) is 18.0 Å². The lowest BCUT2D eigenvalue weighted by molar-refractivity contribution is -0.159. The number of ether oxygens (including phenoxy) is 2. The van der Waals surface area contributed by atoms with E-state index in [4.69, 9.17) is 9.47 Å². The van der Waals surface area contributed by atoms with E-state index in [1.165, 1.54) is 18.9 Å². The third-order valence-corrected chi connectivity index (χ3v) is 7.48. The summed E-state index contributed by atoms with van der Waals surface area (Å²) in [5.74, 6) is -2.31. The first-order valence-electron chi connectivity index (χ1n) is 13.2. The Hall–Kier alpha value is -3.41. The van der Waals surface area contributed by atoms with Crippen molar-refractivity contribution in [3.63, 3.8) is 0 Å². The molecule has 12 heteroatoms. The molecule has 9 nitrogen and oxygen atoms in total. The molecule has 2 fully saturated rings. The number of aryl methyl sites for hydroxylation is 1. The van der Waals surface area contributed by atoms with Gasteiger partial charge >= 0.3 is 12.1 Å². The van der Waals surface area contributed by atoms with Gasteiger partial charge in [0, 0.05) is 24.3 Å². The number of carboxylic acid groups (broad SMARTS) is 1. The van der Waals surface area contributed by atoms with Gasteiger partial charge in [-0.2, -0.15) is 13.2 Å². The van der Waals surface area contributed by atoms with Crippen molar-refractivity contribution < 1.29 is 37.3 Å². The molecule has 2 aromatic rings. The number of likely N-dealkylation sites (tertiary alicyclic amines) is 1. The number of pyridine rings is 2. The maximum absolute atomic E-state index is 14.1. The number of hydrogen-bond donors (Lipinski definition) is 2. The van der Waals surface area contributed by atoms with Gasteiger partial charge in [0.05, 0.1) is 30.5 Å². The number of hydrogen-bond acceptors (Lipinski definition) is 7. The van der Waals surface area contributed by atoms with Crippen molar-refractivity contribution in [2.24, 2.45) is 11.3 Å². The molecule has 2 aliphatic rings. The molecule has 0 aromatic carbocycles. The number of carbonyl (C=O) groups excluding carboxylic acids is 1. The Balaban J connectivity index is 1.91. The highest BCUT2D eigenvalue weighted by Crippen LogP contribution is 2.49. The van der Waals surface area contributed by atoms with E-state index in [2.05, 4.69) is 15.3 Å². The van der Waals surface area contributed by atoms with Gasteiger partial charge in [-0.3, -0.25) is 4.79 Å². The SMILES string of the molecule is COc1cccc([C@@H]2[C@H](Nc3cc(C(F)(F)F)cc(C)n3)[C@@H](C(C)(C)C)[C@H](C(=O)O)N2C(=O)C2CCCCO2)n1. The van der Waals surface area contributed by atoms with Crippen molar-refractivity contribution in [1.82, 2.24) is 14.9 Å². The molecule has 2 saturated heterocycles. The fourth-order valence-electron chi connectivity index (χ4n) is 5.85. The van der Waals surface area contributed by atoms with Crippen LogP contribution in [0.1, 0.15) is 63.0 Å². The second-order valence-electron chi connectivity index (χ2n) is 11.4. The van der Waals surface area contributed by atoms with Gasteiger partial charge in [0.15, 0.2) is 0 Å². The Bertz CT molecular complexity index is 1240. The van der Waals surface area contributed by atoms with E-state index in [1.54, 1.807) is 18.2 Å². The van der Waals surface area contributed by atoms with Crippen molar-refractivity contribution in [2.45, 2.75) is 77.4 Å². The van der Waals surface area contributed by atoms with E-state index in [0.29, 0.717) is 18.7 Å². The Morgan fingerprint density at radius 2 is 1.88 bits per heavy atom. The minimum Gasteiger partial charge on any atom is -0.481 e. The molecular weight excluding hydrogens is 529 g/mol. The van der Waals surface area contributed by atoms with Crippen LogP contribution in [0, 0.1) is 18.3 Å². The van der Waals surface area contributed by atoms with Crippen LogP contribution in [-0.2, 0) is 20.5 Å². The van der Waals surface area contributed by atoms with Crippen LogP contribution in [0.25, 0.3) is 0 Å². The predicted octanol–water partition coefficient (Wildman–Crippen LogP) is 4.86. The van der Waals surface area contributed by atoms with E-state index in [0.717, 1.165) is 25.0 Å². The molecule has 4 heterocycles. The Morgan fingerprint density at radius 1 is 1.15 bits per heavy atom. The molecule has 2 aliphatic heterocycles. The summed E-state index contributed by atoms with van der Waals surface area (Å²) in [4.78, 5) is 37.1. The zero-order valence-electron chi connectivity index (χ0n) is 23.2. The number of halogens is 3. The van der Waals surface area contributed by atoms with Crippen molar-refractivity contribution >= 4 is 17.7 Å². The average molecular weight is 565 g/mol. The summed E-state index contributed by atoms with van der Waals surface area (Å²) >= 11 is 0. The highest BCUT2D eigenvalue weighted by Gasteiger charge is 2.59. The molecular formula is C28H35F3N4O5. The van der Waals surface area contributed by atoms with Crippen molar-refractivity contribution in [2.75, 3.05) is 19.0 Å². The van der Waals surface area contributed by atoms with E-state index in [1.807, 2.05) is 20.8 Å². The van der Waals surface area contributed by atoms with Crippen LogP contribution in [0.2, 0.25) is 0 Å². The van der Waals surface area contributed by atoms with Gasteiger partial charge in [-0.05, 0) is 49.8 Å². The molecule has 2 aromatic heterocycles. The first kappa shape index (κ1) is 29.6. The van der Waals surface area contributed by atoms with Crippen LogP contribution >= 0.6 is 0 Å². The second-order valence-corrected chi connectivity index (χ2v) is 11.4. The Labute approximate surface area is 231 Å². The molecule has 1 unspecified atom stereocenters. The average Bonchev–Trinajstić information content (AvgIpc) is 3.23. The number of nitrogens with zero attached hydrogens (tertiary/aromatic N) is 3. The molecule has 1 amide bonds. The lowest BCUT2D eigenvalue weighted by atomic mass is 9.73. The quantitative estimate of drug-likeness (QED) is 0.512. The zero-order valence-corrected chi connectivity index (χ0v) is 23.2. The highest BCUT2D eigenvalue weighted by atomic mass is 19.4. The summed E-state index contributed by atoms with van der Waals surface area (Å²) in [5, 5.41) is 13.7. The smallest absolute Gasteiger partial charge is 0.416 e. The minimum atomic E-state index is -4.61. The molecule has 5 atom stereocenters. The lowest BCUT2D eigenvalue weighted by Crippen LogP contribution is -2.51. The van der Waals surface area contributed by atoms with Crippen LogP contribution in [0.5, 0.6) is 5.88 Å². The molecule has 218 valence electrons. The van der Waals surface area contributed by atoms with Crippen LogP contribution in [0.15, 0.2) is 30.3 Å². The summed E-state index contributed by atoms with van der Waals surface area (Å²) in [7, 11) is 1.43. The number of carbonyl (C=O) groups is 2. The number of amides is 1. The van der Waals surface area contributed by atoms with Gasteiger partial charge in [0.25, 0.3) is 5.91 Å². The third kappa shape index (κ3) is 6.01. The number of aliphatic carboxylic acids is 1. The predicted molar refractivity (Wildman–Crippen MR) is 140 cm³/mol. The topological polar surface area (TPSA) is 114 Å². The zero-order chi connectivity index (χ0) is 29.4. The second kappa shape index (κ2) is 11.2.